The van der Waals surface area contributed by atoms with Crippen LogP contribution in [-0.4, -0.2) is 15.0 Å². The summed E-state index contributed by atoms with van der Waals surface area (Å²) in [7, 11) is 0. The Kier molecular flexibility index (Phi) is 3.84. The molecule has 1 heterocycles. The molecule has 0 saturated heterocycles. The van der Waals surface area contributed by atoms with E-state index in [1.165, 1.54) is 0 Å². The predicted octanol–water partition coefficient (Wildman–Crippen LogP) is 4.04. The van der Waals surface area contributed by atoms with E-state index in [0.29, 0.717) is 21.6 Å². The fraction of sp³-hybridized carbons (Fsp3) is 0.273. The van der Waals surface area contributed by atoms with Gasteiger partial charge in [0.25, 0.3) is 0 Å². The zero-order valence-corrected chi connectivity index (χ0v) is 12.9. The lowest BCUT2D eigenvalue weighted by molar-refractivity contribution is 0.716. The van der Waals surface area contributed by atoms with Crippen LogP contribution in [0.1, 0.15) is 25.5 Å². The highest BCUT2D eigenvalue weighted by molar-refractivity contribution is 9.10. The molecule has 0 unspecified atom stereocenters. The lowest BCUT2D eigenvalue weighted by Gasteiger charge is -2.12. The molecule has 0 spiro atoms. The summed E-state index contributed by atoms with van der Waals surface area (Å²) >= 11 is 15.6. The highest BCUT2D eigenvalue weighted by atomic mass is 79.9. The Hall–Kier alpha value is -0.780. The van der Waals surface area contributed by atoms with Crippen molar-refractivity contribution in [1.82, 2.24) is 15.0 Å². The van der Waals surface area contributed by atoms with Gasteiger partial charge in [-0.05, 0) is 34.0 Å². The maximum Gasteiger partial charge on any atom is 0.169 e. The van der Waals surface area contributed by atoms with E-state index in [1.54, 1.807) is 4.68 Å². The molecular formula is C11H11BrCl2N4. The number of hydrogen-bond donors (Lipinski definition) is 1. The quantitative estimate of drug-likeness (QED) is 0.832. The van der Waals surface area contributed by atoms with E-state index in [-0.39, 0.29) is 5.92 Å². The van der Waals surface area contributed by atoms with Crippen LogP contribution >= 0.6 is 39.1 Å². The molecule has 0 aliphatic heterocycles. The Bertz CT molecular complexity index is 595. The van der Waals surface area contributed by atoms with Crippen molar-refractivity contribution in [1.29, 1.82) is 0 Å². The Morgan fingerprint density at radius 3 is 2.56 bits per heavy atom. The first-order valence-electron chi connectivity index (χ1n) is 5.28. The van der Waals surface area contributed by atoms with Crippen molar-refractivity contribution in [2.75, 3.05) is 5.73 Å². The molecule has 0 radical (unpaired) electrons. The number of aromatic nitrogens is 3. The molecule has 0 atom stereocenters. The first kappa shape index (κ1) is 13.6. The van der Waals surface area contributed by atoms with Crippen LogP contribution in [0.15, 0.2) is 16.6 Å². The predicted molar refractivity (Wildman–Crippen MR) is 77.6 cm³/mol. The molecule has 4 nitrogen and oxygen atoms in total. The van der Waals surface area contributed by atoms with Crippen LogP contribution in [-0.2, 0) is 0 Å². The SMILES string of the molecule is CC(C)c1c(N)nnn1-c1ccc(Br)c(Cl)c1Cl. The van der Waals surface area contributed by atoms with Gasteiger partial charge in [-0.15, -0.1) is 5.10 Å². The summed E-state index contributed by atoms with van der Waals surface area (Å²) < 4.78 is 2.36. The molecular weight excluding hydrogens is 339 g/mol. The van der Waals surface area contributed by atoms with Crippen molar-refractivity contribution >= 4 is 44.9 Å². The fourth-order valence-electron chi connectivity index (χ4n) is 1.70. The van der Waals surface area contributed by atoms with Crippen LogP contribution in [0.5, 0.6) is 0 Å². The van der Waals surface area contributed by atoms with E-state index in [4.69, 9.17) is 28.9 Å². The average Bonchev–Trinajstić information content (AvgIpc) is 2.68. The highest BCUT2D eigenvalue weighted by Gasteiger charge is 2.18. The third-order valence-electron chi connectivity index (χ3n) is 2.52. The number of nitrogen functional groups attached to an aromatic ring is 1. The summed E-state index contributed by atoms with van der Waals surface area (Å²) in [4.78, 5) is 0. The van der Waals surface area contributed by atoms with E-state index in [2.05, 4.69) is 26.2 Å². The molecule has 0 bridgehead atoms. The number of anilines is 1. The fourth-order valence-corrected chi connectivity index (χ4v) is 2.55. The maximum atomic E-state index is 6.23. The van der Waals surface area contributed by atoms with Crippen molar-refractivity contribution in [3.05, 3.63) is 32.3 Å². The van der Waals surface area contributed by atoms with Crippen LogP contribution in [0.2, 0.25) is 10.0 Å². The second-order valence-corrected chi connectivity index (χ2v) is 5.73. The molecule has 0 aliphatic rings. The Labute approximate surface area is 123 Å². The normalized spacial score (nSPS) is 11.2. The van der Waals surface area contributed by atoms with Gasteiger partial charge in [-0.3, -0.25) is 0 Å². The largest absolute Gasteiger partial charge is 0.381 e. The van der Waals surface area contributed by atoms with Crippen LogP contribution in [0, 0.1) is 0 Å². The number of benzene rings is 1. The molecule has 2 rings (SSSR count). The van der Waals surface area contributed by atoms with E-state index in [0.717, 1.165) is 10.2 Å². The topological polar surface area (TPSA) is 56.7 Å². The minimum absolute atomic E-state index is 0.179. The molecule has 0 amide bonds. The third-order valence-corrected chi connectivity index (χ3v) is 4.28. The number of nitrogens with two attached hydrogens (primary N) is 1. The molecule has 0 saturated carbocycles. The van der Waals surface area contributed by atoms with Gasteiger partial charge in [-0.1, -0.05) is 42.3 Å². The molecule has 0 aliphatic carbocycles. The zero-order chi connectivity index (χ0) is 13.4. The van der Waals surface area contributed by atoms with Crippen molar-refractivity contribution in [3.63, 3.8) is 0 Å². The summed E-state index contributed by atoms with van der Waals surface area (Å²) in [6.07, 6.45) is 0. The minimum atomic E-state index is 0.179. The van der Waals surface area contributed by atoms with Gasteiger partial charge in [0.1, 0.15) is 0 Å². The molecule has 1 aromatic heterocycles. The van der Waals surface area contributed by atoms with Crippen molar-refractivity contribution in [3.8, 4) is 5.69 Å². The van der Waals surface area contributed by atoms with Gasteiger partial charge in [0.05, 0.1) is 21.4 Å². The summed E-state index contributed by atoms with van der Waals surface area (Å²) in [5.41, 5.74) is 7.30. The van der Waals surface area contributed by atoms with Gasteiger partial charge in [0.15, 0.2) is 5.82 Å². The molecule has 1 aromatic carbocycles. The van der Waals surface area contributed by atoms with Gasteiger partial charge in [0.2, 0.25) is 0 Å². The second-order valence-electron chi connectivity index (χ2n) is 4.12. The van der Waals surface area contributed by atoms with Gasteiger partial charge < -0.3 is 5.73 Å². The van der Waals surface area contributed by atoms with E-state index in [1.807, 2.05) is 26.0 Å². The van der Waals surface area contributed by atoms with Gasteiger partial charge in [-0.25, -0.2) is 4.68 Å². The molecule has 2 aromatic rings. The van der Waals surface area contributed by atoms with Crippen molar-refractivity contribution in [2.45, 2.75) is 19.8 Å². The highest BCUT2D eigenvalue weighted by Crippen LogP contribution is 2.36. The molecule has 7 heteroatoms. The summed E-state index contributed by atoms with van der Waals surface area (Å²) in [6, 6.07) is 3.63. The second kappa shape index (κ2) is 5.07. The standard InChI is InChI=1S/C11H11BrCl2N4/c1-5(2)10-11(15)16-17-18(10)7-4-3-6(12)8(13)9(7)14/h3-5H,15H2,1-2H3. The Morgan fingerprint density at radius 1 is 1.28 bits per heavy atom. The minimum Gasteiger partial charge on any atom is -0.381 e. The van der Waals surface area contributed by atoms with E-state index < -0.39 is 0 Å². The van der Waals surface area contributed by atoms with E-state index in [9.17, 15) is 0 Å². The molecule has 18 heavy (non-hydrogen) atoms. The molecule has 2 N–H and O–H groups in total. The Balaban J connectivity index is 2.67. The smallest absolute Gasteiger partial charge is 0.169 e. The van der Waals surface area contributed by atoms with Crippen molar-refractivity contribution < 1.29 is 0 Å². The summed E-state index contributed by atoms with van der Waals surface area (Å²) in [5, 5.41) is 8.76. The van der Waals surface area contributed by atoms with Gasteiger partial charge in [0, 0.05) is 4.47 Å². The van der Waals surface area contributed by atoms with Gasteiger partial charge >= 0.3 is 0 Å². The molecule has 96 valence electrons. The number of hydrogen-bond acceptors (Lipinski definition) is 3. The van der Waals surface area contributed by atoms with E-state index >= 15 is 0 Å². The van der Waals surface area contributed by atoms with Crippen LogP contribution in [0.3, 0.4) is 0 Å². The molecule has 0 fully saturated rings. The lowest BCUT2D eigenvalue weighted by Crippen LogP contribution is -2.06. The van der Waals surface area contributed by atoms with Crippen LogP contribution in [0.4, 0.5) is 5.82 Å². The zero-order valence-electron chi connectivity index (χ0n) is 9.78. The first-order valence-corrected chi connectivity index (χ1v) is 6.83. The number of halogens is 3. The Morgan fingerprint density at radius 2 is 1.94 bits per heavy atom. The summed E-state index contributed by atoms with van der Waals surface area (Å²) in [5.74, 6) is 0.582. The van der Waals surface area contributed by atoms with Crippen LogP contribution < -0.4 is 5.73 Å². The first-order chi connectivity index (χ1) is 8.43. The lowest BCUT2D eigenvalue weighted by atomic mass is 10.1. The monoisotopic (exact) mass is 348 g/mol. The number of rotatable bonds is 2. The van der Waals surface area contributed by atoms with Crippen LogP contribution in [0.25, 0.3) is 5.69 Å². The summed E-state index contributed by atoms with van der Waals surface area (Å²) in [6.45, 7) is 4.03. The maximum absolute atomic E-state index is 6.23. The number of nitrogens with zero attached hydrogens (tertiary/aromatic N) is 3. The van der Waals surface area contributed by atoms with Crippen molar-refractivity contribution in [2.24, 2.45) is 0 Å². The third kappa shape index (κ3) is 2.22. The average molecular weight is 350 g/mol. The van der Waals surface area contributed by atoms with Gasteiger partial charge in [-0.2, -0.15) is 0 Å².